The van der Waals surface area contributed by atoms with Gasteiger partial charge in [-0.15, -0.1) is 0 Å². The smallest absolute Gasteiger partial charge is 0.254 e. The summed E-state index contributed by atoms with van der Waals surface area (Å²) in [5.74, 6) is -1.50. The van der Waals surface area contributed by atoms with Crippen LogP contribution in [-0.2, 0) is 11.3 Å². The Morgan fingerprint density at radius 2 is 2.08 bits per heavy atom. The molecule has 2 aromatic rings. The Balaban J connectivity index is 1.92. The number of hydrogen-bond donors (Lipinski definition) is 1. The zero-order chi connectivity index (χ0) is 18.0. The van der Waals surface area contributed by atoms with Gasteiger partial charge >= 0.3 is 0 Å². The number of nitrogens with zero attached hydrogens (tertiary/aromatic N) is 1. The van der Waals surface area contributed by atoms with Crippen LogP contribution in [0.15, 0.2) is 42.5 Å². The summed E-state index contributed by atoms with van der Waals surface area (Å²) >= 11 is 0. The molecule has 1 N–H and O–H groups in total. The summed E-state index contributed by atoms with van der Waals surface area (Å²) in [7, 11) is 1.56. The number of hydrogen-bond acceptors (Lipinski definition) is 3. The van der Waals surface area contributed by atoms with Gasteiger partial charge < -0.3 is 14.7 Å². The lowest BCUT2D eigenvalue weighted by Gasteiger charge is -2.25. The van der Waals surface area contributed by atoms with Crippen LogP contribution in [-0.4, -0.2) is 35.7 Å². The SMILES string of the molecule is COCc1cccc(C(=O)N2CC(O)CC2c2cc(F)ccc2F)c1. The highest BCUT2D eigenvalue weighted by atomic mass is 19.1. The third-order valence-corrected chi connectivity index (χ3v) is 4.34. The first-order valence-corrected chi connectivity index (χ1v) is 8.01. The zero-order valence-electron chi connectivity index (χ0n) is 13.8. The summed E-state index contributed by atoms with van der Waals surface area (Å²) in [6.07, 6.45) is -0.608. The molecule has 1 aliphatic rings. The number of amides is 1. The number of methoxy groups -OCH3 is 1. The molecule has 0 radical (unpaired) electrons. The molecule has 1 fully saturated rings. The highest BCUT2D eigenvalue weighted by Gasteiger charge is 2.37. The van der Waals surface area contributed by atoms with Gasteiger partial charge in [0.1, 0.15) is 11.6 Å². The molecule has 2 atom stereocenters. The van der Waals surface area contributed by atoms with Gasteiger partial charge in [0.25, 0.3) is 5.91 Å². The number of ether oxygens (including phenoxy) is 1. The van der Waals surface area contributed by atoms with Crippen LogP contribution in [0.25, 0.3) is 0 Å². The second-order valence-corrected chi connectivity index (χ2v) is 6.16. The molecule has 0 saturated carbocycles. The number of halogens is 2. The van der Waals surface area contributed by atoms with Crippen LogP contribution < -0.4 is 0 Å². The van der Waals surface area contributed by atoms with Crippen LogP contribution in [0.5, 0.6) is 0 Å². The van der Waals surface area contributed by atoms with E-state index in [0.717, 1.165) is 23.8 Å². The molecule has 0 aromatic heterocycles. The maximum absolute atomic E-state index is 14.1. The average molecular weight is 347 g/mol. The first-order valence-electron chi connectivity index (χ1n) is 8.01. The van der Waals surface area contributed by atoms with Crippen molar-refractivity contribution in [2.24, 2.45) is 0 Å². The van der Waals surface area contributed by atoms with E-state index in [4.69, 9.17) is 4.74 Å². The lowest BCUT2D eigenvalue weighted by atomic mass is 10.0. The van der Waals surface area contributed by atoms with Crippen LogP contribution in [0.4, 0.5) is 8.78 Å². The molecule has 3 rings (SSSR count). The topological polar surface area (TPSA) is 49.8 Å². The fourth-order valence-electron chi connectivity index (χ4n) is 3.23. The van der Waals surface area contributed by atoms with Gasteiger partial charge in [-0.3, -0.25) is 4.79 Å². The van der Waals surface area contributed by atoms with E-state index in [1.807, 2.05) is 6.07 Å². The third-order valence-electron chi connectivity index (χ3n) is 4.34. The van der Waals surface area contributed by atoms with Gasteiger partial charge in [0, 0.05) is 24.8 Å². The summed E-state index contributed by atoms with van der Waals surface area (Å²) in [4.78, 5) is 14.3. The molecule has 0 aliphatic carbocycles. The molecule has 0 spiro atoms. The largest absolute Gasteiger partial charge is 0.391 e. The quantitative estimate of drug-likeness (QED) is 0.925. The van der Waals surface area contributed by atoms with Gasteiger partial charge in [-0.25, -0.2) is 8.78 Å². The number of rotatable bonds is 4. The predicted octanol–water partition coefficient (Wildman–Crippen LogP) is 3.06. The minimum Gasteiger partial charge on any atom is -0.391 e. The molecule has 1 aliphatic heterocycles. The van der Waals surface area contributed by atoms with Gasteiger partial charge in [0.15, 0.2) is 0 Å². The van der Waals surface area contributed by atoms with Gasteiger partial charge in [0.2, 0.25) is 0 Å². The van der Waals surface area contributed by atoms with E-state index < -0.39 is 23.8 Å². The third kappa shape index (κ3) is 3.70. The minimum absolute atomic E-state index is 0.0773. The Labute approximate surface area is 144 Å². The van der Waals surface area contributed by atoms with Crippen LogP contribution in [0.1, 0.15) is 33.9 Å². The van der Waals surface area contributed by atoms with Crippen molar-refractivity contribution >= 4 is 5.91 Å². The normalized spacial score (nSPS) is 20.1. The van der Waals surface area contributed by atoms with Crippen molar-refractivity contribution in [3.63, 3.8) is 0 Å². The minimum atomic E-state index is -0.779. The predicted molar refractivity (Wildman–Crippen MR) is 87.9 cm³/mol. The van der Waals surface area contributed by atoms with E-state index in [2.05, 4.69) is 0 Å². The Morgan fingerprint density at radius 3 is 2.84 bits per heavy atom. The molecule has 25 heavy (non-hydrogen) atoms. The maximum Gasteiger partial charge on any atom is 0.254 e. The molecular formula is C19H19F2NO3. The summed E-state index contributed by atoms with van der Waals surface area (Å²) in [5, 5.41) is 10.00. The van der Waals surface area contributed by atoms with Crippen molar-refractivity contribution in [3.05, 3.63) is 70.8 Å². The Kier molecular flexibility index (Phi) is 5.11. The van der Waals surface area contributed by atoms with Gasteiger partial charge in [-0.1, -0.05) is 12.1 Å². The van der Waals surface area contributed by atoms with Crippen LogP contribution >= 0.6 is 0 Å². The molecule has 1 heterocycles. The highest BCUT2D eigenvalue weighted by molar-refractivity contribution is 5.95. The number of carbonyl (C=O) groups excluding carboxylic acids is 1. The molecule has 132 valence electrons. The van der Waals surface area contributed by atoms with Gasteiger partial charge in [0.05, 0.1) is 18.8 Å². The van der Waals surface area contributed by atoms with E-state index in [9.17, 15) is 18.7 Å². The molecule has 4 nitrogen and oxygen atoms in total. The van der Waals surface area contributed by atoms with Crippen molar-refractivity contribution in [1.82, 2.24) is 4.90 Å². The monoisotopic (exact) mass is 347 g/mol. The fraction of sp³-hybridized carbons (Fsp3) is 0.316. The summed E-state index contributed by atoms with van der Waals surface area (Å²) in [6, 6.07) is 9.39. The molecule has 1 amide bonds. The lowest BCUT2D eigenvalue weighted by Crippen LogP contribution is -2.32. The number of β-amino-alcohol motifs (C(OH)–C–C–N with tert-alkyl or cyclic N) is 1. The zero-order valence-corrected chi connectivity index (χ0v) is 13.8. The van der Waals surface area contributed by atoms with Crippen LogP contribution in [0, 0.1) is 11.6 Å². The molecule has 0 bridgehead atoms. The van der Waals surface area contributed by atoms with E-state index in [-0.39, 0.29) is 24.4 Å². The van der Waals surface area contributed by atoms with Crippen molar-refractivity contribution in [3.8, 4) is 0 Å². The second-order valence-electron chi connectivity index (χ2n) is 6.16. The fourth-order valence-corrected chi connectivity index (χ4v) is 3.23. The number of aliphatic hydroxyl groups is 1. The molecule has 2 aromatic carbocycles. The van der Waals surface area contributed by atoms with E-state index in [1.165, 1.54) is 4.90 Å². The van der Waals surface area contributed by atoms with E-state index in [1.54, 1.807) is 25.3 Å². The number of aliphatic hydroxyl groups excluding tert-OH is 1. The van der Waals surface area contributed by atoms with Crippen molar-refractivity contribution < 1.29 is 23.4 Å². The maximum atomic E-state index is 14.1. The lowest BCUT2D eigenvalue weighted by molar-refractivity contribution is 0.0713. The Morgan fingerprint density at radius 1 is 1.28 bits per heavy atom. The van der Waals surface area contributed by atoms with E-state index in [0.29, 0.717) is 12.2 Å². The van der Waals surface area contributed by atoms with Crippen molar-refractivity contribution in [2.75, 3.05) is 13.7 Å². The summed E-state index contributed by atoms with van der Waals surface area (Å²) < 4.78 is 32.8. The number of benzene rings is 2. The average Bonchev–Trinajstić information content (AvgIpc) is 2.98. The van der Waals surface area contributed by atoms with Crippen LogP contribution in [0.2, 0.25) is 0 Å². The Hall–Kier alpha value is -2.31. The standard InChI is InChI=1S/C19H19F2NO3/c1-25-11-12-3-2-4-13(7-12)19(24)22-10-15(23)9-18(22)16-8-14(20)5-6-17(16)21/h2-8,15,18,23H,9-11H2,1H3. The van der Waals surface area contributed by atoms with Gasteiger partial charge in [-0.05, 0) is 42.3 Å². The van der Waals surface area contributed by atoms with E-state index >= 15 is 0 Å². The first-order chi connectivity index (χ1) is 12.0. The molecule has 2 unspecified atom stereocenters. The summed E-state index contributed by atoms with van der Waals surface area (Å²) in [5.41, 5.74) is 1.34. The van der Waals surface area contributed by atoms with Crippen molar-refractivity contribution in [2.45, 2.75) is 25.2 Å². The van der Waals surface area contributed by atoms with Crippen molar-refractivity contribution in [1.29, 1.82) is 0 Å². The Bertz CT molecular complexity index is 781. The van der Waals surface area contributed by atoms with Gasteiger partial charge in [-0.2, -0.15) is 0 Å². The van der Waals surface area contributed by atoms with Crippen LogP contribution in [0.3, 0.4) is 0 Å². The highest BCUT2D eigenvalue weighted by Crippen LogP contribution is 2.35. The first kappa shape index (κ1) is 17.5. The second kappa shape index (κ2) is 7.29. The molecular weight excluding hydrogens is 328 g/mol. The molecule has 1 saturated heterocycles. The number of likely N-dealkylation sites (tertiary alicyclic amines) is 1. The number of carbonyl (C=O) groups is 1. The molecule has 6 heteroatoms. The summed E-state index contributed by atoms with van der Waals surface area (Å²) in [6.45, 7) is 0.444.